The molecule has 0 spiro atoms. The molecule has 2 rings (SSSR count). The average Bonchev–Trinajstić information content (AvgIpc) is 2.42. The van der Waals surface area contributed by atoms with Crippen LogP contribution < -0.4 is 5.32 Å². The second-order valence-electron chi connectivity index (χ2n) is 4.81. The lowest BCUT2D eigenvalue weighted by Gasteiger charge is -2.08. The van der Waals surface area contributed by atoms with Gasteiger partial charge in [0.1, 0.15) is 0 Å². The minimum atomic E-state index is 0.0112. The molecule has 2 aromatic rings. The molecule has 0 aliphatic heterocycles. The van der Waals surface area contributed by atoms with E-state index in [-0.39, 0.29) is 5.91 Å². The number of hydrogen-bond donors (Lipinski definition) is 1. The Labute approximate surface area is 114 Å². The third-order valence-electron chi connectivity index (χ3n) is 3.18. The highest BCUT2D eigenvalue weighted by molar-refractivity contribution is 5.95. The molecular weight excluding hydrogens is 234 g/mol. The van der Waals surface area contributed by atoms with Gasteiger partial charge >= 0.3 is 0 Å². The van der Waals surface area contributed by atoms with E-state index in [1.807, 2.05) is 50.2 Å². The normalized spacial score (nSPS) is 10.2. The fourth-order valence-corrected chi connectivity index (χ4v) is 2.04. The molecule has 0 bridgehead atoms. The van der Waals surface area contributed by atoms with Crippen molar-refractivity contribution in [1.29, 1.82) is 0 Å². The molecule has 19 heavy (non-hydrogen) atoms. The van der Waals surface area contributed by atoms with Gasteiger partial charge in [0.05, 0.1) is 0 Å². The van der Waals surface area contributed by atoms with Crippen molar-refractivity contribution in [2.24, 2.45) is 0 Å². The number of nitrogens with one attached hydrogen (secondary N) is 1. The van der Waals surface area contributed by atoms with E-state index in [2.05, 4.69) is 17.4 Å². The van der Waals surface area contributed by atoms with Crippen LogP contribution >= 0.6 is 0 Å². The summed E-state index contributed by atoms with van der Waals surface area (Å²) in [5.74, 6) is 0.0112. The molecule has 0 aliphatic rings. The van der Waals surface area contributed by atoms with Crippen LogP contribution in [0.2, 0.25) is 0 Å². The summed E-state index contributed by atoms with van der Waals surface area (Å²) in [7, 11) is 0. The molecule has 98 valence electrons. The van der Waals surface area contributed by atoms with E-state index in [0.29, 0.717) is 6.54 Å². The minimum Gasteiger partial charge on any atom is -0.352 e. The largest absolute Gasteiger partial charge is 0.352 e. The molecule has 2 nitrogen and oxygen atoms in total. The van der Waals surface area contributed by atoms with Gasteiger partial charge in [0.2, 0.25) is 0 Å². The van der Waals surface area contributed by atoms with Crippen molar-refractivity contribution in [2.45, 2.75) is 20.3 Å². The second kappa shape index (κ2) is 6.19. The number of amides is 1. The van der Waals surface area contributed by atoms with Gasteiger partial charge in [-0.05, 0) is 37.5 Å². The molecular formula is C17H19NO. The van der Waals surface area contributed by atoms with Crippen LogP contribution in [0.25, 0.3) is 0 Å². The van der Waals surface area contributed by atoms with E-state index < -0.39 is 0 Å². The first-order chi connectivity index (χ1) is 9.16. The van der Waals surface area contributed by atoms with Crippen molar-refractivity contribution < 1.29 is 4.79 Å². The highest BCUT2D eigenvalue weighted by Gasteiger charge is 2.08. The van der Waals surface area contributed by atoms with Gasteiger partial charge in [-0.3, -0.25) is 4.79 Å². The summed E-state index contributed by atoms with van der Waals surface area (Å²) in [4.78, 5) is 12.1. The van der Waals surface area contributed by atoms with Gasteiger partial charge in [-0.25, -0.2) is 0 Å². The van der Waals surface area contributed by atoms with Crippen LogP contribution in [0.3, 0.4) is 0 Å². The Hall–Kier alpha value is -2.09. The van der Waals surface area contributed by atoms with Crippen LogP contribution in [0.5, 0.6) is 0 Å². The Morgan fingerprint density at radius 1 is 1.05 bits per heavy atom. The first-order valence-electron chi connectivity index (χ1n) is 6.56. The third kappa shape index (κ3) is 3.68. The molecule has 0 saturated carbocycles. The number of carbonyl (C=O) groups is 1. The molecule has 2 heteroatoms. The predicted octanol–water partition coefficient (Wildman–Crippen LogP) is 3.28. The average molecular weight is 253 g/mol. The first kappa shape index (κ1) is 13.3. The zero-order chi connectivity index (χ0) is 13.7. The molecule has 0 fully saturated rings. The number of aryl methyl sites for hydroxylation is 2. The molecule has 0 unspecified atom stereocenters. The lowest BCUT2D eigenvalue weighted by molar-refractivity contribution is 0.0953. The van der Waals surface area contributed by atoms with Gasteiger partial charge in [-0.15, -0.1) is 0 Å². The molecule has 0 aromatic heterocycles. The zero-order valence-corrected chi connectivity index (χ0v) is 11.4. The van der Waals surface area contributed by atoms with Crippen LogP contribution in [0.15, 0.2) is 48.5 Å². The van der Waals surface area contributed by atoms with E-state index in [9.17, 15) is 4.79 Å². The van der Waals surface area contributed by atoms with Gasteiger partial charge in [0.15, 0.2) is 0 Å². The van der Waals surface area contributed by atoms with Crippen LogP contribution in [0.1, 0.15) is 27.0 Å². The second-order valence-corrected chi connectivity index (χ2v) is 4.81. The van der Waals surface area contributed by atoms with Crippen LogP contribution in [0, 0.1) is 13.8 Å². The van der Waals surface area contributed by atoms with Gasteiger partial charge in [0.25, 0.3) is 5.91 Å². The summed E-state index contributed by atoms with van der Waals surface area (Å²) < 4.78 is 0. The zero-order valence-electron chi connectivity index (χ0n) is 11.4. The molecule has 0 heterocycles. The molecule has 0 saturated heterocycles. The van der Waals surface area contributed by atoms with Gasteiger partial charge < -0.3 is 5.32 Å². The monoisotopic (exact) mass is 253 g/mol. The van der Waals surface area contributed by atoms with Crippen LogP contribution in [0.4, 0.5) is 0 Å². The summed E-state index contributed by atoms with van der Waals surface area (Å²) in [6, 6.07) is 16.1. The standard InChI is InChI=1S/C17H19NO/c1-13-8-9-14(2)16(12-13)17(19)18-11-10-15-6-4-3-5-7-15/h3-9,12H,10-11H2,1-2H3,(H,18,19). The predicted molar refractivity (Wildman–Crippen MR) is 78.4 cm³/mol. The van der Waals surface area contributed by atoms with E-state index in [0.717, 1.165) is 23.1 Å². The van der Waals surface area contributed by atoms with E-state index in [4.69, 9.17) is 0 Å². The van der Waals surface area contributed by atoms with E-state index in [1.165, 1.54) is 5.56 Å². The molecule has 0 radical (unpaired) electrons. The molecule has 1 amide bonds. The van der Waals surface area contributed by atoms with Crippen LogP contribution in [-0.4, -0.2) is 12.5 Å². The van der Waals surface area contributed by atoms with Crippen molar-refractivity contribution in [3.8, 4) is 0 Å². The van der Waals surface area contributed by atoms with Crippen molar-refractivity contribution >= 4 is 5.91 Å². The molecule has 0 atom stereocenters. The maximum atomic E-state index is 12.1. The van der Waals surface area contributed by atoms with E-state index >= 15 is 0 Å². The van der Waals surface area contributed by atoms with Crippen molar-refractivity contribution in [1.82, 2.24) is 5.32 Å². The lowest BCUT2D eigenvalue weighted by Crippen LogP contribution is -2.26. The molecule has 2 aromatic carbocycles. The number of benzene rings is 2. The topological polar surface area (TPSA) is 29.1 Å². The first-order valence-corrected chi connectivity index (χ1v) is 6.56. The number of hydrogen-bond acceptors (Lipinski definition) is 1. The number of rotatable bonds is 4. The molecule has 1 N–H and O–H groups in total. The summed E-state index contributed by atoms with van der Waals surface area (Å²) >= 11 is 0. The Morgan fingerprint density at radius 3 is 2.53 bits per heavy atom. The Kier molecular flexibility index (Phi) is 4.35. The van der Waals surface area contributed by atoms with Crippen molar-refractivity contribution in [3.05, 3.63) is 70.8 Å². The smallest absolute Gasteiger partial charge is 0.251 e. The fourth-order valence-electron chi connectivity index (χ4n) is 2.04. The lowest BCUT2D eigenvalue weighted by atomic mass is 10.0. The highest BCUT2D eigenvalue weighted by atomic mass is 16.1. The van der Waals surface area contributed by atoms with Crippen LogP contribution in [-0.2, 0) is 6.42 Å². The van der Waals surface area contributed by atoms with E-state index in [1.54, 1.807) is 0 Å². The Bertz CT molecular complexity index is 561. The minimum absolute atomic E-state index is 0.0112. The summed E-state index contributed by atoms with van der Waals surface area (Å²) in [5, 5.41) is 2.98. The quantitative estimate of drug-likeness (QED) is 0.890. The van der Waals surface area contributed by atoms with Gasteiger partial charge in [-0.1, -0.05) is 48.0 Å². The molecule has 0 aliphatic carbocycles. The third-order valence-corrected chi connectivity index (χ3v) is 3.18. The Balaban J connectivity index is 1.93. The van der Waals surface area contributed by atoms with Gasteiger partial charge in [0, 0.05) is 12.1 Å². The fraction of sp³-hybridized carbons (Fsp3) is 0.235. The number of carbonyl (C=O) groups excluding carboxylic acids is 1. The maximum Gasteiger partial charge on any atom is 0.251 e. The van der Waals surface area contributed by atoms with Crippen molar-refractivity contribution in [2.75, 3.05) is 6.54 Å². The summed E-state index contributed by atoms with van der Waals surface area (Å²) in [5.41, 5.74) is 4.14. The highest BCUT2D eigenvalue weighted by Crippen LogP contribution is 2.10. The summed E-state index contributed by atoms with van der Waals surface area (Å²) in [6.07, 6.45) is 0.859. The van der Waals surface area contributed by atoms with Gasteiger partial charge in [-0.2, -0.15) is 0 Å². The maximum absolute atomic E-state index is 12.1. The SMILES string of the molecule is Cc1ccc(C)c(C(=O)NCCc2ccccc2)c1. The Morgan fingerprint density at radius 2 is 1.79 bits per heavy atom. The van der Waals surface area contributed by atoms with Crippen molar-refractivity contribution in [3.63, 3.8) is 0 Å². The summed E-state index contributed by atoms with van der Waals surface area (Å²) in [6.45, 7) is 4.63.